The molecule has 0 radical (unpaired) electrons. The van der Waals surface area contributed by atoms with Gasteiger partial charge in [-0.05, 0) is 81.5 Å². The second-order valence-electron chi connectivity index (χ2n) is 12.9. The standard InChI is InChI=1S/C38H51N3O5/c1-7-8-9-10-11-16-25-41(34(31-19-14-12-17-27(31)2)35(43)39-32-20-15-13-18-28(32)3)36(44)33(40-37(45)46-38(4,5)6)26-29-21-23-30(42)24-22-29/h12-15,17-24,33-34,42H,7-11,16,25-26H2,1-6H3,(H,39,43)(H,40,45). The van der Waals surface area contributed by atoms with Crippen molar-refractivity contribution in [1.82, 2.24) is 10.2 Å². The van der Waals surface area contributed by atoms with Gasteiger partial charge in [-0.15, -0.1) is 0 Å². The summed E-state index contributed by atoms with van der Waals surface area (Å²) in [4.78, 5) is 43.8. The number of phenols is 1. The van der Waals surface area contributed by atoms with Crippen LogP contribution in [0.25, 0.3) is 0 Å². The van der Waals surface area contributed by atoms with Crippen LogP contribution in [0.3, 0.4) is 0 Å². The molecule has 2 unspecified atom stereocenters. The Labute approximate surface area is 274 Å². The molecule has 0 spiro atoms. The van der Waals surface area contributed by atoms with Crippen LogP contribution in [-0.4, -0.2) is 46.1 Å². The molecule has 0 bridgehead atoms. The summed E-state index contributed by atoms with van der Waals surface area (Å²) in [7, 11) is 0. The number of hydrogen-bond acceptors (Lipinski definition) is 5. The average molecular weight is 630 g/mol. The Balaban J connectivity index is 2.07. The number of para-hydroxylation sites is 1. The minimum absolute atomic E-state index is 0.101. The molecule has 248 valence electrons. The predicted octanol–water partition coefficient (Wildman–Crippen LogP) is 8.01. The van der Waals surface area contributed by atoms with Crippen LogP contribution in [0, 0.1) is 13.8 Å². The van der Waals surface area contributed by atoms with Crippen LogP contribution in [0.1, 0.15) is 94.5 Å². The lowest BCUT2D eigenvalue weighted by atomic mass is 9.96. The van der Waals surface area contributed by atoms with E-state index in [0.717, 1.165) is 48.8 Å². The van der Waals surface area contributed by atoms with E-state index in [0.29, 0.717) is 24.2 Å². The van der Waals surface area contributed by atoms with Gasteiger partial charge in [-0.1, -0.05) is 93.6 Å². The van der Waals surface area contributed by atoms with E-state index in [1.54, 1.807) is 49.9 Å². The van der Waals surface area contributed by atoms with Crippen molar-refractivity contribution in [3.63, 3.8) is 0 Å². The minimum atomic E-state index is -1.03. The molecule has 3 amide bonds. The summed E-state index contributed by atoms with van der Waals surface area (Å²) in [5.74, 6) is -0.617. The first-order chi connectivity index (χ1) is 21.9. The van der Waals surface area contributed by atoms with Gasteiger partial charge < -0.3 is 25.4 Å². The van der Waals surface area contributed by atoms with Crippen LogP contribution in [0.5, 0.6) is 5.75 Å². The number of unbranched alkanes of at least 4 members (excludes halogenated alkanes) is 5. The first-order valence-corrected chi connectivity index (χ1v) is 16.4. The Morgan fingerprint density at radius 2 is 1.43 bits per heavy atom. The number of ether oxygens (including phenoxy) is 1. The van der Waals surface area contributed by atoms with Crippen LogP contribution < -0.4 is 10.6 Å². The van der Waals surface area contributed by atoms with E-state index in [1.807, 2.05) is 62.4 Å². The van der Waals surface area contributed by atoms with Gasteiger partial charge in [0.05, 0.1) is 0 Å². The smallest absolute Gasteiger partial charge is 0.408 e. The van der Waals surface area contributed by atoms with Crippen molar-refractivity contribution in [2.75, 3.05) is 11.9 Å². The fraction of sp³-hybridized carbons (Fsp3) is 0.447. The second-order valence-corrected chi connectivity index (χ2v) is 12.9. The molecule has 0 saturated carbocycles. The summed E-state index contributed by atoms with van der Waals surface area (Å²) in [6.45, 7) is 11.6. The van der Waals surface area contributed by atoms with Gasteiger partial charge in [0.15, 0.2) is 0 Å². The molecule has 3 aromatic carbocycles. The molecule has 0 heterocycles. The first kappa shape index (κ1) is 36.1. The molecule has 0 saturated heterocycles. The molecule has 0 aromatic heterocycles. The van der Waals surface area contributed by atoms with E-state index in [9.17, 15) is 19.5 Å². The summed E-state index contributed by atoms with van der Waals surface area (Å²) in [6.07, 6.45) is 5.47. The van der Waals surface area contributed by atoms with Gasteiger partial charge in [0.25, 0.3) is 5.91 Å². The molecule has 46 heavy (non-hydrogen) atoms. The SMILES string of the molecule is CCCCCCCCN(C(=O)C(Cc1ccc(O)cc1)NC(=O)OC(C)(C)C)C(C(=O)Nc1ccccc1C)c1ccccc1C. The van der Waals surface area contributed by atoms with E-state index >= 15 is 0 Å². The van der Waals surface area contributed by atoms with Crippen molar-refractivity contribution < 1.29 is 24.2 Å². The number of hydrogen-bond donors (Lipinski definition) is 3. The maximum Gasteiger partial charge on any atom is 0.408 e. The van der Waals surface area contributed by atoms with Gasteiger partial charge in [0, 0.05) is 18.7 Å². The fourth-order valence-corrected chi connectivity index (χ4v) is 5.41. The zero-order valence-electron chi connectivity index (χ0n) is 28.3. The number of aromatic hydroxyl groups is 1. The van der Waals surface area contributed by atoms with Crippen molar-refractivity contribution in [2.45, 2.75) is 104 Å². The van der Waals surface area contributed by atoms with Crippen molar-refractivity contribution in [2.24, 2.45) is 0 Å². The summed E-state index contributed by atoms with van der Waals surface area (Å²) >= 11 is 0. The Hall–Kier alpha value is -4.33. The monoisotopic (exact) mass is 629 g/mol. The van der Waals surface area contributed by atoms with Crippen LogP contribution in [0.2, 0.25) is 0 Å². The normalized spacial score (nSPS) is 12.6. The molecule has 8 heteroatoms. The highest BCUT2D eigenvalue weighted by atomic mass is 16.6. The highest BCUT2D eigenvalue weighted by molar-refractivity contribution is 5.99. The van der Waals surface area contributed by atoms with Crippen molar-refractivity contribution in [3.05, 3.63) is 95.1 Å². The number of anilines is 1. The summed E-state index contributed by atoms with van der Waals surface area (Å²) < 4.78 is 5.55. The third kappa shape index (κ3) is 11.2. The zero-order chi connectivity index (χ0) is 33.7. The minimum Gasteiger partial charge on any atom is -0.508 e. The van der Waals surface area contributed by atoms with Gasteiger partial charge in [0.2, 0.25) is 5.91 Å². The van der Waals surface area contributed by atoms with Crippen molar-refractivity contribution in [1.29, 1.82) is 0 Å². The predicted molar refractivity (Wildman–Crippen MR) is 184 cm³/mol. The van der Waals surface area contributed by atoms with Gasteiger partial charge in [0.1, 0.15) is 23.4 Å². The van der Waals surface area contributed by atoms with Gasteiger partial charge >= 0.3 is 6.09 Å². The molecular weight excluding hydrogens is 578 g/mol. The number of nitrogens with zero attached hydrogens (tertiary/aromatic N) is 1. The molecule has 2 atom stereocenters. The Kier molecular flexibility index (Phi) is 13.7. The van der Waals surface area contributed by atoms with Crippen LogP contribution in [-0.2, 0) is 20.7 Å². The molecule has 3 rings (SSSR count). The number of amides is 3. The zero-order valence-corrected chi connectivity index (χ0v) is 28.3. The number of rotatable bonds is 15. The summed E-state index contributed by atoms with van der Waals surface area (Å²) in [6, 6.07) is 19.7. The largest absolute Gasteiger partial charge is 0.508 e. The van der Waals surface area contributed by atoms with E-state index in [2.05, 4.69) is 17.6 Å². The van der Waals surface area contributed by atoms with Gasteiger partial charge in [-0.25, -0.2) is 4.79 Å². The molecule has 8 nitrogen and oxygen atoms in total. The van der Waals surface area contributed by atoms with E-state index in [1.165, 1.54) is 0 Å². The van der Waals surface area contributed by atoms with Crippen LogP contribution in [0.4, 0.5) is 10.5 Å². The molecule has 3 aromatic rings. The lowest BCUT2D eigenvalue weighted by Crippen LogP contribution is -2.53. The highest BCUT2D eigenvalue weighted by Gasteiger charge is 2.37. The number of nitrogens with one attached hydrogen (secondary N) is 2. The first-order valence-electron chi connectivity index (χ1n) is 16.4. The van der Waals surface area contributed by atoms with E-state index in [4.69, 9.17) is 4.74 Å². The third-order valence-corrected chi connectivity index (χ3v) is 7.85. The average Bonchev–Trinajstić information content (AvgIpc) is 2.99. The molecule has 0 fully saturated rings. The van der Waals surface area contributed by atoms with E-state index < -0.39 is 23.8 Å². The Morgan fingerprint density at radius 1 is 0.826 bits per heavy atom. The highest BCUT2D eigenvalue weighted by Crippen LogP contribution is 2.29. The number of aryl methyl sites for hydroxylation is 2. The number of carbonyl (C=O) groups is 3. The Morgan fingerprint density at radius 3 is 2.07 bits per heavy atom. The summed E-state index contributed by atoms with van der Waals surface area (Å²) in [5.41, 5.74) is 3.14. The number of benzene rings is 3. The van der Waals surface area contributed by atoms with Gasteiger partial charge in [-0.2, -0.15) is 0 Å². The maximum atomic E-state index is 14.8. The number of alkyl carbamates (subject to hydrolysis) is 1. The van der Waals surface area contributed by atoms with Crippen molar-refractivity contribution in [3.8, 4) is 5.75 Å². The van der Waals surface area contributed by atoms with Gasteiger partial charge in [-0.3, -0.25) is 9.59 Å². The van der Waals surface area contributed by atoms with Crippen LogP contribution in [0.15, 0.2) is 72.8 Å². The second kappa shape index (κ2) is 17.4. The fourth-order valence-electron chi connectivity index (χ4n) is 5.41. The molecule has 0 aliphatic carbocycles. The number of carbonyl (C=O) groups excluding carboxylic acids is 3. The molecule has 3 N–H and O–H groups in total. The quantitative estimate of drug-likeness (QED) is 0.148. The van der Waals surface area contributed by atoms with Crippen molar-refractivity contribution >= 4 is 23.6 Å². The summed E-state index contributed by atoms with van der Waals surface area (Å²) in [5, 5.41) is 15.7. The maximum absolute atomic E-state index is 14.8. The lowest BCUT2D eigenvalue weighted by molar-refractivity contribution is -0.140. The molecule has 0 aliphatic heterocycles. The topological polar surface area (TPSA) is 108 Å². The van der Waals surface area contributed by atoms with Crippen LogP contribution >= 0.6 is 0 Å². The number of phenolic OH excluding ortho intramolecular Hbond substituents is 1. The third-order valence-electron chi connectivity index (χ3n) is 7.85. The lowest BCUT2D eigenvalue weighted by Gasteiger charge is -2.35. The Bertz CT molecular complexity index is 1430. The molecular formula is C38H51N3O5. The molecule has 0 aliphatic rings. The van der Waals surface area contributed by atoms with E-state index in [-0.39, 0.29) is 24.0 Å².